The lowest BCUT2D eigenvalue weighted by Gasteiger charge is -2.40. The van der Waals surface area contributed by atoms with E-state index in [1.54, 1.807) is 39.3 Å². The molecular weight excluding hydrogens is 474 g/mol. The summed E-state index contributed by atoms with van der Waals surface area (Å²) in [4.78, 5) is 31.4. The molecule has 1 N–H and O–H groups in total. The highest BCUT2D eigenvalue weighted by molar-refractivity contribution is 5.85. The zero-order valence-electron chi connectivity index (χ0n) is 21.1. The summed E-state index contributed by atoms with van der Waals surface area (Å²) in [5, 5.41) is 2.80. The normalized spacial score (nSPS) is 22.2. The lowest BCUT2D eigenvalue weighted by molar-refractivity contribution is -0.0630. The predicted octanol–water partition coefficient (Wildman–Crippen LogP) is 3.61. The standard InChI is InChI=1S/C25H32F2N4O5/c1-6-34-23(32)22-28-19-11-31(12-20(19)30(22)5)15-10-18(29-24(33)36-25(2,3)4)21(35-13-15)16-9-14(26)7-8-17(16)27/h7-9,15,18,21H,6,10-13H2,1-5H3,(H,29,33)/t15?,18?,21-/m1/s1. The largest absolute Gasteiger partial charge is 0.460 e. The van der Waals surface area contributed by atoms with Crippen LogP contribution in [0.15, 0.2) is 18.2 Å². The van der Waals surface area contributed by atoms with E-state index in [0.717, 1.165) is 29.6 Å². The Hall–Kier alpha value is -3.05. The quantitative estimate of drug-likeness (QED) is 0.619. The number of nitrogens with zero attached hydrogens (tertiary/aromatic N) is 3. The fourth-order valence-electron chi connectivity index (χ4n) is 4.69. The zero-order valence-corrected chi connectivity index (χ0v) is 21.1. The van der Waals surface area contributed by atoms with Gasteiger partial charge in [-0.3, -0.25) is 4.90 Å². The second-order valence-electron chi connectivity index (χ2n) is 10.1. The van der Waals surface area contributed by atoms with Crippen LogP contribution < -0.4 is 5.32 Å². The molecular formula is C25H32F2N4O5. The summed E-state index contributed by atoms with van der Waals surface area (Å²) < 4.78 is 46.8. The van der Waals surface area contributed by atoms with Gasteiger partial charge in [-0.1, -0.05) is 0 Å². The maximum absolute atomic E-state index is 14.6. The van der Waals surface area contributed by atoms with Crippen LogP contribution in [0.1, 0.15) is 67.8 Å². The minimum absolute atomic E-state index is 0.0416. The number of amides is 1. The predicted molar refractivity (Wildman–Crippen MR) is 125 cm³/mol. The number of nitrogens with one attached hydrogen (secondary N) is 1. The molecule has 1 saturated heterocycles. The van der Waals surface area contributed by atoms with Crippen molar-refractivity contribution in [3.05, 3.63) is 52.6 Å². The highest BCUT2D eigenvalue weighted by Gasteiger charge is 2.40. The van der Waals surface area contributed by atoms with E-state index < -0.39 is 41.4 Å². The number of imidazole rings is 1. The highest BCUT2D eigenvalue weighted by Crippen LogP contribution is 2.35. The molecule has 0 saturated carbocycles. The average Bonchev–Trinajstić information content (AvgIpc) is 3.34. The van der Waals surface area contributed by atoms with Crippen LogP contribution in [-0.4, -0.2) is 57.4 Å². The van der Waals surface area contributed by atoms with Crippen LogP contribution >= 0.6 is 0 Å². The summed E-state index contributed by atoms with van der Waals surface area (Å²) in [6.07, 6.45) is -1.13. The number of alkyl carbamates (subject to hydrolysis) is 1. The number of carbonyl (C=O) groups is 2. The Morgan fingerprint density at radius 3 is 2.67 bits per heavy atom. The number of rotatable bonds is 5. The number of benzene rings is 1. The average molecular weight is 507 g/mol. The van der Waals surface area contributed by atoms with Crippen LogP contribution in [0.4, 0.5) is 13.6 Å². The Labute approximate surface area is 208 Å². The monoisotopic (exact) mass is 506 g/mol. The third-order valence-corrected chi connectivity index (χ3v) is 6.30. The van der Waals surface area contributed by atoms with Gasteiger partial charge in [-0.25, -0.2) is 23.4 Å². The molecule has 1 amide bonds. The van der Waals surface area contributed by atoms with Crippen molar-refractivity contribution in [3.8, 4) is 0 Å². The Bertz CT molecular complexity index is 1150. The van der Waals surface area contributed by atoms with Crippen LogP contribution in [0.3, 0.4) is 0 Å². The van der Waals surface area contributed by atoms with Crippen molar-refractivity contribution < 1.29 is 32.6 Å². The molecule has 0 aliphatic carbocycles. The summed E-state index contributed by atoms with van der Waals surface area (Å²) in [6, 6.07) is 2.38. The molecule has 0 bridgehead atoms. The molecule has 9 nitrogen and oxygen atoms in total. The van der Waals surface area contributed by atoms with E-state index in [9.17, 15) is 18.4 Å². The van der Waals surface area contributed by atoms with E-state index in [2.05, 4.69) is 15.2 Å². The molecule has 0 spiro atoms. The van der Waals surface area contributed by atoms with Crippen molar-refractivity contribution in [1.82, 2.24) is 19.8 Å². The van der Waals surface area contributed by atoms with Gasteiger partial charge in [-0.2, -0.15) is 0 Å². The van der Waals surface area contributed by atoms with Gasteiger partial charge in [0, 0.05) is 31.7 Å². The van der Waals surface area contributed by atoms with E-state index in [1.165, 1.54) is 0 Å². The third kappa shape index (κ3) is 5.52. The Kier molecular flexibility index (Phi) is 7.33. The fraction of sp³-hybridized carbons (Fsp3) is 0.560. The number of fused-ring (bicyclic) bond motifs is 1. The molecule has 1 aromatic carbocycles. The summed E-state index contributed by atoms with van der Waals surface area (Å²) in [7, 11) is 1.77. The van der Waals surface area contributed by atoms with Gasteiger partial charge in [0.15, 0.2) is 0 Å². The number of hydrogen-bond acceptors (Lipinski definition) is 7. The molecule has 1 fully saturated rings. The minimum Gasteiger partial charge on any atom is -0.460 e. The second kappa shape index (κ2) is 10.1. The van der Waals surface area contributed by atoms with Gasteiger partial charge >= 0.3 is 12.1 Å². The van der Waals surface area contributed by atoms with Gasteiger partial charge in [-0.05, 0) is 52.3 Å². The lowest BCUT2D eigenvalue weighted by Crippen LogP contribution is -2.52. The van der Waals surface area contributed by atoms with E-state index in [4.69, 9.17) is 14.2 Å². The summed E-state index contributed by atoms with van der Waals surface area (Å²) in [5.74, 6) is -1.41. The molecule has 2 aromatic rings. The Morgan fingerprint density at radius 1 is 1.25 bits per heavy atom. The third-order valence-electron chi connectivity index (χ3n) is 6.30. The molecule has 36 heavy (non-hydrogen) atoms. The minimum atomic E-state index is -0.886. The second-order valence-corrected chi connectivity index (χ2v) is 10.1. The Morgan fingerprint density at radius 2 is 2.00 bits per heavy atom. The van der Waals surface area contributed by atoms with Crippen LogP contribution in [-0.2, 0) is 34.3 Å². The van der Waals surface area contributed by atoms with Gasteiger partial charge < -0.3 is 24.1 Å². The van der Waals surface area contributed by atoms with E-state index in [-0.39, 0.29) is 30.6 Å². The maximum Gasteiger partial charge on any atom is 0.407 e. The van der Waals surface area contributed by atoms with Gasteiger partial charge in [0.2, 0.25) is 5.82 Å². The number of ether oxygens (including phenoxy) is 3. The summed E-state index contributed by atoms with van der Waals surface area (Å²) in [5.41, 5.74) is 0.987. The molecule has 3 heterocycles. The van der Waals surface area contributed by atoms with Gasteiger partial charge in [0.25, 0.3) is 0 Å². The smallest absolute Gasteiger partial charge is 0.407 e. The van der Waals surface area contributed by atoms with E-state index >= 15 is 0 Å². The van der Waals surface area contributed by atoms with Gasteiger partial charge in [0.05, 0.1) is 30.6 Å². The molecule has 2 unspecified atom stereocenters. The molecule has 196 valence electrons. The zero-order chi connectivity index (χ0) is 26.2. The van der Waals surface area contributed by atoms with Gasteiger partial charge in [0.1, 0.15) is 23.3 Å². The highest BCUT2D eigenvalue weighted by atomic mass is 19.1. The molecule has 0 radical (unpaired) electrons. The summed E-state index contributed by atoms with van der Waals surface area (Å²) in [6.45, 7) is 8.48. The first-order valence-electron chi connectivity index (χ1n) is 12.0. The molecule has 2 aliphatic rings. The van der Waals surface area contributed by atoms with Crippen molar-refractivity contribution >= 4 is 12.1 Å². The molecule has 11 heteroatoms. The molecule has 3 atom stereocenters. The van der Waals surface area contributed by atoms with Crippen LogP contribution in [0.2, 0.25) is 0 Å². The number of aromatic nitrogens is 2. The molecule has 2 aliphatic heterocycles. The number of esters is 1. The van der Waals surface area contributed by atoms with Gasteiger partial charge in [-0.15, -0.1) is 0 Å². The number of halogens is 2. The SMILES string of the molecule is CCOC(=O)c1nc2c(n1C)CN(C1CO[C@H](c3cc(F)ccc3F)C(NC(=O)OC(C)(C)C)C1)C2. The van der Waals surface area contributed by atoms with Crippen molar-refractivity contribution in [2.75, 3.05) is 13.2 Å². The number of carbonyl (C=O) groups excluding carboxylic acids is 2. The molecule has 4 rings (SSSR count). The maximum atomic E-state index is 14.6. The van der Waals surface area contributed by atoms with Crippen LogP contribution in [0.5, 0.6) is 0 Å². The molecule has 1 aromatic heterocycles. The van der Waals surface area contributed by atoms with E-state index in [1.807, 2.05) is 0 Å². The van der Waals surface area contributed by atoms with Crippen molar-refractivity contribution in [3.63, 3.8) is 0 Å². The van der Waals surface area contributed by atoms with Crippen molar-refractivity contribution in [2.24, 2.45) is 7.05 Å². The first-order chi connectivity index (χ1) is 17.0. The van der Waals surface area contributed by atoms with Crippen LogP contribution in [0, 0.1) is 11.6 Å². The lowest BCUT2D eigenvalue weighted by atomic mass is 9.92. The van der Waals surface area contributed by atoms with Crippen molar-refractivity contribution in [2.45, 2.75) is 71.0 Å². The van der Waals surface area contributed by atoms with Crippen LogP contribution in [0.25, 0.3) is 0 Å². The van der Waals surface area contributed by atoms with E-state index in [0.29, 0.717) is 19.5 Å². The van der Waals surface area contributed by atoms with Crippen molar-refractivity contribution in [1.29, 1.82) is 0 Å². The Balaban J connectivity index is 1.52. The first-order valence-corrected chi connectivity index (χ1v) is 12.0. The summed E-state index contributed by atoms with van der Waals surface area (Å²) >= 11 is 0. The first kappa shape index (κ1) is 26.0. The topological polar surface area (TPSA) is 94.9 Å². The fourth-order valence-corrected chi connectivity index (χ4v) is 4.69. The number of hydrogen-bond donors (Lipinski definition) is 1.